The molecule has 0 bridgehead atoms. The summed E-state index contributed by atoms with van der Waals surface area (Å²) in [5, 5.41) is 2.81. The zero-order valence-electron chi connectivity index (χ0n) is 9.92. The summed E-state index contributed by atoms with van der Waals surface area (Å²) in [6.07, 6.45) is 2.80. The Balaban J connectivity index is 1.88. The Morgan fingerprint density at radius 1 is 1.44 bits per heavy atom. The van der Waals surface area contributed by atoms with E-state index in [9.17, 15) is 9.18 Å². The summed E-state index contributed by atoms with van der Waals surface area (Å²) in [4.78, 5) is 11.8. The van der Waals surface area contributed by atoms with Crippen molar-refractivity contribution in [2.24, 2.45) is 5.92 Å². The highest BCUT2D eigenvalue weighted by atomic mass is 79.9. The fraction of sp³-hybridized carbons (Fsp3) is 0.462. The second kappa shape index (κ2) is 6.57. The number of rotatable bonds is 3. The van der Waals surface area contributed by atoms with E-state index in [4.69, 9.17) is 0 Å². The van der Waals surface area contributed by atoms with Gasteiger partial charge in [0.25, 0.3) is 0 Å². The third-order valence-corrected chi connectivity index (χ3v) is 4.67. The number of thioether (sulfide) groups is 1. The van der Waals surface area contributed by atoms with Crippen molar-refractivity contribution in [2.75, 3.05) is 16.8 Å². The Labute approximate surface area is 119 Å². The molecule has 0 radical (unpaired) electrons. The standard InChI is InChI=1S/C13H15BrFNOS/c14-11-8-10(1-2-12(11)15)16-13(17)7-9-3-5-18-6-4-9/h1-2,8-9H,3-7H2,(H,16,17). The fourth-order valence-electron chi connectivity index (χ4n) is 2.00. The number of carbonyl (C=O) groups is 1. The van der Waals surface area contributed by atoms with E-state index in [0.29, 0.717) is 22.5 Å². The molecule has 1 aliphatic rings. The van der Waals surface area contributed by atoms with Crippen molar-refractivity contribution in [3.63, 3.8) is 0 Å². The predicted molar refractivity (Wildman–Crippen MR) is 77.4 cm³/mol. The van der Waals surface area contributed by atoms with Gasteiger partial charge in [-0.3, -0.25) is 4.79 Å². The van der Waals surface area contributed by atoms with Gasteiger partial charge in [-0.15, -0.1) is 0 Å². The summed E-state index contributed by atoms with van der Waals surface area (Å²) in [6.45, 7) is 0. The summed E-state index contributed by atoms with van der Waals surface area (Å²) in [7, 11) is 0. The normalized spacial score (nSPS) is 16.6. The molecule has 0 spiro atoms. The van der Waals surface area contributed by atoms with E-state index in [2.05, 4.69) is 21.2 Å². The van der Waals surface area contributed by atoms with Crippen LogP contribution >= 0.6 is 27.7 Å². The second-order valence-corrected chi connectivity index (χ2v) is 6.52. The van der Waals surface area contributed by atoms with Crippen molar-refractivity contribution in [1.29, 1.82) is 0 Å². The van der Waals surface area contributed by atoms with Crippen LogP contribution in [0.4, 0.5) is 10.1 Å². The lowest BCUT2D eigenvalue weighted by molar-refractivity contribution is -0.117. The van der Waals surface area contributed by atoms with E-state index in [1.54, 1.807) is 12.1 Å². The minimum Gasteiger partial charge on any atom is -0.326 e. The van der Waals surface area contributed by atoms with E-state index in [1.807, 2.05) is 11.8 Å². The topological polar surface area (TPSA) is 29.1 Å². The highest BCUT2D eigenvalue weighted by Gasteiger charge is 2.17. The lowest BCUT2D eigenvalue weighted by Crippen LogP contribution is -2.19. The summed E-state index contributed by atoms with van der Waals surface area (Å²) < 4.78 is 13.4. The van der Waals surface area contributed by atoms with Crippen molar-refractivity contribution in [3.05, 3.63) is 28.5 Å². The molecule has 0 unspecified atom stereocenters. The van der Waals surface area contributed by atoms with Crippen LogP contribution in [0.3, 0.4) is 0 Å². The van der Waals surface area contributed by atoms with Crippen molar-refractivity contribution >= 4 is 39.3 Å². The molecule has 1 aromatic rings. The van der Waals surface area contributed by atoms with E-state index >= 15 is 0 Å². The van der Waals surface area contributed by atoms with Crippen molar-refractivity contribution < 1.29 is 9.18 Å². The first-order valence-corrected chi connectivity index (χ1v) is 7.92. The molecule has 1 aromatic carbocycles. The molecule has 2 nitrogen and oxygen atoms in total. The lowest BCUT2D eigenvalue weighted by Gasteiger charge is -2.20. The van der Waals surface area contributed by atoms with Crippen molar-refractivity contribution in [1.82, 2.24) is 0 Å². The molecule has 1 N–H and O–H groups in total. The smallest absolute Gasteiger partial charge is 0.224 e. The molecule has 0 atom stereocenters. The maximum atomic E-state index is 13.0. The van der Waals surface area contributed by atoms with E-state index in [1.165, 1.54) is 6.07 Å². The minimum absolute atomic E-state index is 0.0189. The molecule has 2 rings (SSSR count). The van der Waals surface area contributed by atoms with Crippen LogP contribution in [-0.2, 0) is 4.79 Å². The average molecular weight is 332 g/mol. The molecular weight excluding hydrogens is 317 g/mol. The molecule has 98 valence electrons. The van der Waals surface area contributed by atoms with E-state index < -0.39 is 0 Å². The number of amides is 1. The molecule has 0 aliphatic carbocycles. The molecule has 1 fully saturated rings. The van der Waals surface area contributed by atoms with Gasteiger partial charge in [-0.25, -0.2) is 4.39 Å². The van der Waals surface area contributed by atoms with Gasteiger partial charge in [0.15, 0.2) is 0 Å². The summed E-state index contributed by atoms with van der Waals surface area (Å²) in [5.74, 6) is 2.50. The molecule has 5 heteroatoms. The SMILES string of the molecule is O=C(CC1CCSCC1)Nc1ccc(F)c(Br)c1. The number of anilines is 1. The highest BCUT2D eigenvalue weighted by molar-refractivity contribution is 9.10. The monoisotopic (exact) mass is 331 g/mol. The average Bonchev–Trinajstić information content (AvgIpc) is 2.35. The van der Waals surface area contributed by atoms with Crippen LogP contribution in [0.1, 0.15) is 19.3 Å². The molecule has 0 aromatic heterocycles. The molecule has 1 heterocycles. The number of hydrogen-bond acceptors (Lipinski definition) is 2. The van der Waals surface area contributed by atoms with Crippen LogP contribution in [-0.4, -0.2) is 17.4 Å². The fourth-order valence-corrected chi connectivity index (χ4v) is 3.58. The minimum atomic E-state index is -0.322. The Morgan fingerprint density at radius 3 is 2.83 bits per heavy atom. The van der Waals surface area contributed by atoms with Gasteiger partial charge in [0, 0.05) is 12.1 Å². The zero-order valence-corrected chi connectivity index (χ0v) is 12.3. The van der Waals surface area contributed by atoms with Gasteiger partial charge in [-0.05, 0) is 64.4 Å². The largest absolute Gasteiger partial charge is 0.326 e. The van der Waals surface area contributed by atoms with E-state index in [-0.39, 0.29) is 11.7 Å². The van der Waals surface area contributed by atoms with Crippen molar-refractivity contribution in [3.8, 4) is 0 Å². The number of carbonyl (C=O) groups excluding carboxylic acids is 1. The van der Waals surface area contributed by atoms with Crippen molar-refractivity contribution in [2.45, 2.75) is 19.3 Å². The third-order valence-electron chi connectivity index (χ3n) is 3.02. The Bertz CT molecular complexity index is 435. The quantitative estimate of drug-likeness (QED) is 0.904. The summed E-state index contributed by atoms with van der Waals surface area (Å²) in [5.41, 5.74) is 0.637. The molecule has 1 saturated heterocycles. The van der Waals surface area contributed by atoms with Crippen LogP contribution in [0.15, 0.2) is 22.7 Å². The summed E-state index contributed by atoms with van der Waals surface area (Å²) in [6, 6.07) is 4.51. The number of benzene rings is 1. The van der Waals surface area contributed by atoms with Gasteiger partial charge in [0.2, 0.25) is 5.91 Å². The first-order chi connectivity index (χ1) is 8.65. The first-order valence-electron chi connectivity index (χ1n) is 5.98. The molecular formula is C13H15BrFNOS. The van der Waals surface area contributed by atoms with Gasteiger partial charge in [0.05, 0.1) is 4.47 Å². The van der Waals surface area contributed by atoms with Gasteiger partial charge in [0.1, 0.15) is 5.82 Å². The maximum absolute atomic E-state index is 13.0. The van der Waals surface area contributed by atoms with Crippen LogP contribution in [0.2, 0.25) is 0 Å². The van der Waals surface area contributed by atoms with Gasteiger partial charge < -0.3 is 5.32 Å². The zero-order chi connectivity index (χ0) is 13.0. The predicted octanol–water partition coefficient (Wildman–Crippen LogP) is 4.06. The van der Waals surface area contributed by atoms with Crippen LogP contribution in [0.25, 0.3) is 0 Å². The van der Waals surface area contributed by atoms with Crippen LogP contribution < -0.4 is 5.32 Å². The maximum Gasteiger partial charge on any atom is 0.224 e. The first kappa shape index (κ1) is 13.9. The molecule has 1 amide bonds. The number of nitrogens with one attached hydrogen (secondary N) is 1. The Kier molecular flexibility index (Phi) is 5.06. The highest BCUT2D eigenvalue weighted by Crippen LogP contribution is 2.26. The van der Waals surface area contributed by atoms with Crippen LogP contribution in [0.5, 0.6) is 0 Å². The van der Waals surface area contributed by atoms with Gasteiger partial charge >= 0.3 is 0 Å². The summed E-state index contributed by atoms with van der Waals surface area (Å²) >= 11 is 5.06. The van der Waals surface area contributed by atoms with E-state index in [0.717, 1.165) is 24.3 Å². The molecule has 0 saturated carbocycles. The second-order valence-electron chi connectivity index (χ2n) is 4.44. The Hall–Kier alpha value is -0.550. The van der Waals surface area contributed by atoms with Crippen LogP contribution in [0, 0.1) is 11.7 Å². The lowest BCUT2D eigenvalue weighted by atomic mass is 9.98. The number of halogens is 2. The van der Waals surface area contributed by atoms with Gasteiger partial charge in [-0.2, -0.15) is 11.8 Å². The molecule has 18 heavy (non-hydrogen) atoms. The third kappa shape index (κ3) is 3.99. The number of hydrogen-bond donors (Lipinski definition) is 1. The van der Waals surface area contributed by atoms with Gasteiger partial charge in [-0.1, -0.05) is 0 Å². The molecule has 1 aliphatic heterocycles. The Morgan fingerprint density at radius 2 is 2.17 bits per heavy atom.